The minimum atomic E-state index is 0.0809. The summed E-state index contributed by atoms with van der Waals surface area (Å²) < 4.78 is 0. The molecule has 1 rings (SSSR count). The van der Waals surface area contributed by atoms with Gasteiger partial charge in [-0.05, 0) is 23.1 Å². The minimum Gasteiger partial charge on any atom is -0.378 e. The van der Waals surface area contributed by atoms with Crippen LogP contribution in [-0.2, 0) is 0 Å². The highest BCUT2D eigenvalue weighted by Gasteiger charge is 2.22. The maximum atomic E-state index is 6.22. The van der Waals surface area contributed by atoms with Crippen molar-refractivity contribution in [2.45, 2.75) is 26.8 Å². The van der Waals surface area contributed by atoms with Crippen LogP contribution in [0.15, 0.2) is 24.3 Å². The van der Waals surface area contributed by atoms with Crippen molar-refractivity contribution >= 4 is 5.69 Å². The SMILES string of the molecule is CN(C)c1cccc(C(N)C(C)(C)C)c1. The van der Waals surface area contributed by atoms with Gasteiger partial charge in [-0.1, -0.05) is 32.9 Å². The molecule has 1 aromatic rings. The van der Waals surface area contributed by atoms with Crippen LogP contribution in [-0.4, -0.2) is 14.1 Å². The summed E-state index contributed by atoms with van der Waals surface area (Å²) in [7, 11) is 4.09. The fourth-order valence-corrected chi connectivity index (χ4v) is 1.50. The molecule has 0 radical (unpaired) electrons. The number of nitrogens with zero attached hydrogens (tertiary/aromatic N) is 1. The van der Waals surface area contributed by atoms with Crippen molar-refractivity contribution in [1.82, 2.24) is 0 Å². The Morgan fingerprint density at radius 3 is 2.27 bits per heavy atom. The molecule has 0 bridgehead atoms. The van der Waals surface area contributed by atoms with Gasteiger partial charge in [-0.3, -0.25) is 0 Å². The second-order valence-electron chi connectivity index (χ2n) is 5.33. The molecule has 0 amide bonds. The molecule has 0 aromatic heterocycles. The third-order valence-electron chi connectivity index (χ3n) is 2.68. The summed E-state index contributed by atoms with van der Waals surface area (Å²) in [5.41, 5.74) is 8.73. The predicted molar refractivity (Wildman–Crippen MR) is 67.2 cm³/mol. The lowest BCUT2D eigenvalue weighted by atomic mass is 9.83. The molecular formula is C13H22N2. The Kier molecular flexibility index (Phi) is 3.40. The van der Waals surface area contributed by atoms with E-state index in [0.29, 0.717) is 0 Å². The van der Waals surface area contributed by atoms with Crippen LogP contribution in [0, 0.1) is 5.41 Å². The average Bonchev–Trinajstić information content (AvgIpc) is 2.15. The molecule has 0 fully saturated rings. The number of benzene rings is 1. The summed E-state index contributed by atoms with van der Waals surface area (Å²) in [6.45, 7) is 6.50. The fourth-order valence-electron chi connectivity index (χ4n) is 1.50. The van der Waals surface area contributed by atoms with E-state index in [1.165, 1.54) is 11.3 Å². The van der Waals surface area contributed by atoms with E-state index in [2.05, 4.69) is 49.9 Å². The van der Waals surface area contributed by atoms with Crippen molar-refractivity contribution in [3.8, 4) is 0 Å². The Morgan fingerprint density at radius 2 is 1.80 bits per heavy atom. The second-order valence-corrected chi connectivity index (χ2v) is 5.33. The predicted octanol–water partition coefficient (Wildman–Crippen LogP) is 2.80. The molecule has 1 aromatic carbocycles. The van der Waals surface area contributed by atoms with Crippen LogP contribution in [0.5, 0.6) is 0 Å². The second kappa shape index (κ2) is 4.23. The third-order valence-corrected chi connectivity index (χ3v) is 2.68. The van der Waals surface area contributed by atoms with E-state index in [0.717, 1.165) is 0 Å². The lowest BCUT2D eigenvalue weighted by Crippen LogP contribution is -2.26. The molecule has 0 aliphatic carbocycles. The van der Waals surface area contributed by atoms with Crippen LogP contribution in [0.1, 0.15) is 32.4 Å². The van der Waals surface area contributed by atoms with Gasteiger partial charge in [0.25, 0.3) is 0 Å². The summed E-state index contributed by atoms with van der Waals surface area (Å²) in [5.74, 6) is 0. The van der Waals surface area contributed by atoms with Crippen LogP contribution in [0.4, 0.5) is 5.69 Å². The van der Waals surface area contributed by atoms with Crippen molar-refractivity contribution in [3.63, 3.8) is 0 Å². The van der Waals surface area contributed by atoms with Crippen molar-refractivity contribution in [2.75, 3.05) is 19.0 Å². The lowest BCUT2D eigenvalue weighted by molar-refractivity contribution is 0.327. The zero-order chi connectivity index (χ0) is 11.6. The molecule has 2 heteroatoms. The van der Waals surface area contributed by atoms with Gasteiger partial charge in [0, 0.05) is 25.8 Å². The average molecular weight is 206 g/mol. The lowest BCUT2D eigenvalue weighted by Gasteiger charge is -2.28. The maximum absolute atomic E-state index is 6.22. The Hall–Kier alpha value is -1.02. The maximum Gasteiger partial charge on any atom is 0.0364 e. The Balaban J connectivity index is 3.00. The zero-order valence-electron chi connectivity index (χ0n) is 10.4. The summed E-state index contributed by atoms with van der Waals surface area (Å²) >= 11 is 0. The highest BCUT2D eigenvalue weighted by atomic mass is 15.1. The third kappa shape index (κ3) is 2.96. The van der Waals surface area contributed by atoms with Gasteiger partial charge in [0.15, 0.2) is 0 Å². The molecule has 0 spiro atoms. The molecule has 15 heavy (non-hydrogen) atoms. The summed E-state index contributed by atoms with van der Waals surface area (Å²) in [6, 6.07) is 8.51. The van der Waals surface area contributed by atoms with E-state index in [9.17, 15) is 0 Å². The van der Waals surface area contributed by atoms with E-state index in [1.807, 2.05) is 14.1 Å². The van der Waals surface area contributed by atoms with Crippen LogP contribution in [0.3, 0.4) is 0 Å². The van der Waals surface area contributed by atoms with Gasteiger partial charge < -0.3 is 10.6 Å². The Morgan fingerprint density at radius 1 is 1.20 bits per heavy atom. The number of rotatable bonds is 2. The van der Waals surface area contributed by atoms with Gasteiger partial charge in [0.1, 0.15) is 0 Å². The zero-order valence-corrected chi connectivity index (χ0v) is 10.4. The van der Waals surface area contributed by atoms with Gasteiger partial charge in [0.05, 0.1) is 0 Å². The molecule has 0 saturated carbocycles. The van der Waals surface area contributed by atoms with Gasteiger partial charge in [-0.2, -0.15) is 0 Å². The molecule has 1 atom stereocenters. The number of hydrogen-bond donors (Lipinski definition) is 1. The van der Waals surface area contributed by atoms with E-state index >= 15 is 0 Å². The smallest absolute Gasteiger partial charge is 0.0364 e. The molecule has 0 aliphatic rings. The summed E-state index contributed by atoms with van der Waals surface area (Å²) in [6.07, 6.45) is 0. The normalized spacial score (nSPS) is 13.7. The first-order valence-electron chi connectivity index (χ1n) is 5.35. The molecule has 0 saturated heterocycles. The molecule has 0 heterocycles. The first-order valence-corrected chi connectivity index (χ1v) is 5.35. The number of hydrogen-bond acceptors (Lipinski definition) is 2. The first-order chi connectivity index (χ1) is 6.82. The topological polar surface area (TPSA) is 29.3 Å². The standard InChI is InChI=1S/C13H22N2/c1-13(2,3)12(14)10-7-6-8-11(9-10)15(4)5/h6-9,12H,14H2,1-5H3. The van der Waals surface area contributed by atoms with Crippen molar-refractivity contribution < 1.29 is 0 Å². The first kappa shape index (κ1) is 12.1. The summed E-state index contributed by atoms with van der Waals surface area (Å²) in [5, 5.41) is 0. The van der Waals surface area contributed by atoms with Crippen LogP contribution < -0.4 is 10.6 Å². The van der Waals surface area contributed by atoms with E-state index in [1.54, 1.807) is 0 Å². The van der Waals surface area contributed by atoms with Gasteiger partial charge in [-0.15, -0.1) is 0 Å². The van der Waals surface area contributed by atoms with Crippen molar-refractivity contribution in [3.05, 3.63) is 29.8 Å². The molecular weight excluding hydrogens is 184 g/mol. The van der Waals surface area contributed by atoms with Gasteiger partial charge in [0.2, 0.25) is 0 Å². The monoisotopic (exact) mass is 206 g/mol. The molecule has 0 aliphatic heterocycles. The molecule has 2 N–H and O–H groups in total. The largest absolute Gasteiger partial charge is 0.378 e. The van der Waals surface area contributed by atoms with Crippen LogP contribution in [0.25, 0.3) is 0 Å². The fraction of sp³-hybridized carbons (Fsp3) is 0.538. The van der Waals surface area contributed by atoms with E-state index in [-0.39, 0.29) is 11.5 Å². The molecule has 1 unspecified atom stereocenters. The Bertz CT molecular complexity index is 324. The highest BCUT2D eigenvalue weighted by molar-refractivity contribution is 5.48. The van der Waals surface area contributed by atoms with E-state index < -0.39 is 0 Å². The molecule has 84 valence electrons. The summed E-state index contributed by atoms with van der Waals surface area (Å²) in [4.78, 5) is 2.10. The quantitative estimate of drug-likeness (QED) is 0.806. The number of nitrogens with two attached hydrogens (primary N) is 1. The van der Waals surface area contributed by atoms with Gasteiger partial charge >= 0.3 is 0 Å². The van der Waals surface area contributed by atoms with Gasteiger partial charge in [-0.25, -0.2) is 0 Å². The minimum absolute atomic E-state index is 0.0809. The van der Waals surface area contributed by atoms with E-state index in [4.69, 9.17) is 5.73 Å². The Labute approximate surface area is 93.1 Å². The van der Waals surface area contributed by atoms with Crippen LogP contribution >= 0.6 is 0 Å². The number of anilines is 1. The van der Waals surface area contributed by atoms with Crippen molar-refractivity contribution in [1.29, 1.82) is 0 Å². The molecule has 2 nitrogen and oxygen atoms in total. The highest BCUT2D eigenvalue weighted by Crippen LogP contribution is 2.31. The van der Waals surface area contributed by atoms with Crippen molar-refractivity contribution in [2.24, 2.45) is 11.1 Å². The van der Waals surface area contributed by atoms with Crippen LogP contribution in [0.2, 0.25) is 0 Å².